The molecule has 1 aromatic rings. The number of thiophene rings is 1. The van der Waals surface area contributed by atoms with E-state index in [2.05, 4.69) is 0 Å². The predicted molar refractivity (Wildman–Crippen MR) is 46.3 cm³/mol. The Kier molecular flexibility index (Phi) is 1.78. The molecule has 0 aliphatic heterocycles. The van der Waals surface area contributed by atoms with Gasteiger partial charge in [-0.2, -0.15) is 0 Å². The van der Waals surface area contributed by atoms with E-state index in [1.54, 1.807) is 11.3 Å². The standard InChI is InChI=1S/C9H10OS/c10-6-8-4-5-11-9(8)7-2-1-3-7/h4-7H,1-3H2. The van der Waals surface area contributed by atoms with Gasteiger partial charge in [0.2, 0.25) is 0 Å². The molecule has 0 aromatic carbocycles. The Morgan fingerprint density at radius 1 is 1.55 bits per heavy atom. The molecule has 0 amide bonds. The van der Waals surface area contributed by atoms with Crippen LogP contribution in [0, 0.1) is 0 Å². The summed E-state index contributed by atoms with van der Waals surface area (Å²) in [7, 11) is 0. The van der Waals surface area contributed by atoms with Gasteiger partial charge in [0.15, 0.2) is 6.29 Å². The maximum atomic E-state index is 10.5. The predicted octanol–water partition coefficient (Wildman–Crippen LogP) is 2.83. The summed E-state index contributed by atoms with van der Waals surface area (Å²) in [5.41, 5.74) is 0.916. The molecule has 2 heteroatoms. The SMILES string of the molecule is O=Cc1ccsc1C1CCC1. The molecule has 1 aromatic heterocycles. The van der Waals surface area contributed by atoms with E-state index < -0.39 is 0 Å². The molecule has 0 saturated heterocycles. The quantitative estimate of drug-likeness (QED) is 0.617. The fourth-order valence-electron chi connectivity index (χ4n) is 1.43. The molecule has 58 valence electrons. The van der Waals surface area contributed by atoms with Gasteiger partial charge in [-0.15, -0.1) is 11.3 Å². The second kappa shape index (κ2) is 2.78. The third-order valence-electron chi connectivity index (χ3n) is 2.33. The monoisotopic (exact) mass is 166 g/mol. The second-order valence-corrected chi connectivity index (χ2v) is 3.93. The minimum atomic E-state index is 0.704. The molecule has 0 radical (unpaired) electrons. The van der Waals surface area contributed by atoms with Crippen molar-refractivity contribution in [2.45, 2.75) is 25.2 Å². The number of rotatable bonds is 2. The molecule has 0 atom stereocenters. The first-order chi connectivity index (χ1) is 5.42. The summed E-state index contributed by atoms with van der Waals surface area (Å²) in [6.45, 7) is 0. The lowest BCUT2D eigenvalue weighted by atomic mass is 9.83. The van der Waals surface area contributed by atoms with E-state index >= 15 is 0 Å². The molecule has 11 heavy (non-hydrogen) atoms. The first-order valence-corrected chi connectivity index (χ1v) is 4.82. The van der Waals surface area contributed by atoms with Crippen molar-refractivity contribution in [3.63, 3.8) is 0 Å². The smallest absolute Gasteiger partial charge is 0.151 e. The molecule has 1 nitrogen and oxygen atoms in total. The van der Waals surface area contributed by atoms with Crippen molar-refractivity contribution in [1.29, 1.82) is 0 Å². The number of carbonyl (C=O) groups is 1. The van der Waals surface area contributed by atoms with Crippen molar-refractivity contribution in [1.82, 2.24) is 0 Å². The van der Waals surface area contributed by atoms with Gasteiger partial charge in [0, 0.05) is 10.4 Å². The fourth-order valence-corrected chi connectivity index (χ4v) is 2.47. The van der Waals surface area contributed by atoms with E-state index in [1.807, 2.05) is 11.4 Å². The molecule has 1 heterocycles. The molecule has 1 aliphatic carbocycles. The van der Waals surface area contributed by atoms with E-state index in [1.165, 1.54) is 24.1 Å². The highest BCUT2D eigenvalue weighted by Gasteiger charge is 2.22. The van der Waals surface area contributed by atoms with Crippen LogP contribution in [0.15, 0.2) is 11.4 Å². The van der Waals surface area contributed by atoms with Crippen LogP contribution in [0.25, 0.3) is 0 Å². The van der Waals surface area contributed by atoms with Gasteiger partial charge in [0.25, 0.3) is 0 Å². The zero-order valence-electron chi connectivity index (χ0n) is 6.25. The van der Waals surface area contributed by atoms with Gasteiger partial charge < -0.3 is 0 Å². The van der Waals surface area contributed by atoms with Gasteiger partial charge in [-0.25, -0.2) is 0 Å². The van der Waals surface area contributed by atoms with E-state index in [-0.39, 0.29) is 0 Å². The summed E-state index contributed by atoms with van der Waals surface area (Å²) >= 11 is 1.73. The van der Waals surface area contributed by atoms with Crippen molar-refractivity contribution in [3.05, 3.63) is 21.9 Å². The maximum absolute atomic E-state index is 10.5. The van der Waals surface area contributed by atoms with Crippen LogP contribution in [0.1, 0.15) is 40.4 Å². The lowest BCUT2D eigenvalue weighted by Crippen LogP contribution is -2.08. The Balaban J connectivity index is 2.27. The molecule has 1 aliphatic rings. The first kappa shape index (κ1) is 7.04. The third-order valence-corrected chi connectivity index (χ3v) is 3.43. The van der Waals surface area contributed by atoms with Gasteiger partial charge >= 0.3 is 0 Å². The Bertz CT molecular complexity index is 260. The van der Waals surface area contributed by atoms with Crippen LogP contribution >= 0.6 is 11.3 Å². The first-order valence-electron chi connectivity index (χ1n) is 3.94. The van der Waals surface area contributed by atoms with E-state index in [0.29, 0.717) is 5.92 Å². The Morgan fingerprint density at radius 3 is 2.91 bits per heavy atom. The average Bonchev–Trinajstić information content (AvgIpc) is 2.32. The third kappa shape index (κ3) is 1.11. The minimum absolute atomic E-state index is 0.704. The molecular weight excluding hydrogens is 156 g/mol. The zero-order valence-corrected chi connectivity index (χ0v) is 7.06. The van der Waals surface area contributed by atoms with E-state index in [0.717, 1.165) is 11.8 Å². The summed E-state index contributed by atoms with van der Waals surface area (Å²) in [6.07, 6.45) is 4.87. The van der Waals surface area contributed by atoms with Crippen LogP contribution in [0.5, 0.6) is 0 Å². The van der Waals surface area contributed by atoms with Crippen molar-refractivity contribution >= 4 is 17.6 Å². The molecule has 0 unspecified atom stereocenters. The van der Waals surface area contributed by atoms with Crippen molar-refractivity contribution in [2.75, 3.05) is 0 Å². The van der Waals surface area contributed by atoms with Crippen LogP contribution in [-0.2, 0) is 0 Å². The maximum Gasteiger partial charge on any atom is 0.151 e. The molecular formula is C9H10OS. The number of hydrogen-bond donors (Lipinski definition) is 0. The second-order valence-electron chi connectivity index (χ2n) is 2.99. The number of aldehydes is 1. The number of carbonyl (C=O) groups excluding carboxylic acids is 1. The van der Waals surface area contributed by atoms with Gasteiger partial charge in [-0.3, -0.25) is 4.79 Å². The fraction of sp³-hybridized carbons (Fsp3) is 0.444. The summed E-state index contributed by atoms with van der Waals surface area (Å²) in [5, 5.41) is 2.01. The van der Waals surface area contributed by atoms with Crippen LogP contribution < -0.4 is 0 Å². The lowest BCUT2D eigenvalue weighted by Gasteiger charge is -2.24. The number of hydrogen-bond acceptors (Lipinski definition) is 2. The normalized spacial score (nSPS) is 17.8. The summed E-state index contributed by atoms with van der Waals surface area (Å²) in [6, 6.07) is 1.92. The van der Waals surface area contributed by atoms with Crippen LogP contribution in [-0.4, -0.2) is 6.29 Å². The Morgan fingerprint density at radius 2 is 2.36 bits per heavy atom. The van der Waals surface area contributed by atoms with Crippen LogP contribution in [0.4, 0.5) is 0 Å². The summed E-state index contributed by atoms with van der Waals surface area (Å²) in [5.74, 6) is 0.704. The summed E-state index contributed by atoms with van der Waals surface area (Å²) in [4.78, 5) is 11.9. The van der Waals surface area contributed by atoms with Gasteiger partial charge in [-0.05, 0) is 30.2 Å². The van der Waals surface area contributed by atoms with Gasteiger partial charge in [0.05, 0.1) is 0 Å². The minimum Gasteiger partial charge on any atom is -0.298 e. The molecule has 0 spiro atoms. The molecule has 2 rings (SSSR count). The van der Waals surface area contributed by atoms with Crippen molar-refractivity contribution < 1.29 is 4.79 Å². The molecule has 0 N–H and O–H groups in total. The zero-order chi connectivity index (χ0) is 7.68. The molecule has 1 fully saturated rings. The average molecular weight is 166 g/mol. The lowest BCUT2D eigenvalue weighted by molar-refractivity contribution is 0.112. The Labute approximate surface area is 70.1 Å². The van der Waals surface area contributed by atoms with Crippen molar-refractivity contribution in [2.24, 2.45) is 0 Å². The van der Waals surface area contributed by atoms with E-state index in [4.69, 9.17) is 0 Å². The van der Waals surface area contributed by atoms with Crippen LogP contribution in [0.3, 0.4) is 0 Å². The molecule has 0 bridgehead atoms. The highest BCUT2D eigenvalue weighted by Crippen LogP contribution is 2.40. The Hall–Kier alpha value is -0.630. The van der Waals surface area contributed by atoms with Gasteiger partial charge in [-0.1, -0.05) is 6.42 Å². The van der Waals surface area contributed by atoms with E-state index in [9.17, 15) is 4.79 Å². The van der Waals surface area contributed by atoms with Gasteiger partial charge in [0.1, 0.15) is 0 Å². The summed E-state index contributed by atoms with van der Waals surface area (Å²) < 4.78 is 0. The van der Waals surface area contributed by atoms with Crippen molar-refractivity contribution in [3.8, 4) is 0 Å². The molecule has 1 saturated carbocycles. The highest BCUT2D eigenvalue weighted by molar-refractivity contribution is 7.10. The topological polar surface area (TPSA) is 17.1 Å². The largest absolute Gasteiger partial charge is 0.298 e. The van der Waals surface area contributed by atoms with Crippen LogP contribution in [0.2, 0.25) is 0 Å². The highest BCUT2D eigenvalue weighted by atomic mass is 32.1.